The van der Waals surface area contributed by atoms with Gasteiger partial charge in [-0.05, 0) is 44.6 Å². The van der Waals surface area contributed by atoms with Gasteiger partial charge in [0.2, 0.25) is 0 Å². The summed E-state index contributed by atoms with van der Waals surface area (Å²) < 4.78 is 23.9. The van der Waals surface area contributed by atoms with Crippen molar-refractivity contribution in [1.29, 1.82) is 0 Å². The Hall–Kier alpha value is -4.98. The Balaban J connectivity index is 1.74. The topological polar surface area (TPSA) is 105 Å². The second kappa shape index (κ2) is 10.3. The highest BCUT2D eigenvalue weighted by Gasteiger charge is 2.35. The molecule has 0 heterocycles. The highest BCUT2D eigenvalue weighted by Crippen LogP contribution is 2.52. The lowest BCUT2D eigenvalue weighted by Crippen LogP contribution is -2.28. The minimum Gasteiger partial charge on any atom is -0.449 e. The van der Waals surface area contributed by atoms with E-state index < -0.39 is 30.0 Å². The lowest BCUT2D eigenvalue weighted by atomic mass is 9.79. The third-order valence-corrected chi connectivity index (χ3v) is 8.60. The van der Waals surface area contributed by atoms with Crippen molar-refractivity contribution in [3.63, 3.8) is 0 Å². The molecule has 0 fully saturated rings. The van der Waals surface area contributed by atoms with Crippen molar-refractivity contribution >= 4 is 78.8 Å². The summed E-state index contributed by atoms with van der Waals surface area (Å²) in [6.45, 7) is 6.86. The van der Waals surface area contributed by atoms with E-state index in [4.69, 9.17) is 18.9 Å². The van der Waals surface area contributed by atoms with Crippen LogP contribution in [0.5, 0.6) is 11.5 Å². The largest absolute Gasteiger partial charge is 0.449 e. The van der Waals surface area contributed by atoms with Gasteiger partial charge < -0.3 is 18.9 Å². The van der Waals surface area contributed by atoms with Crippen LogP contribution in [0.2, 0.25) is 0 Å². The van der Waals surface area contributed by atoms with Crippen LogP contribution in [0, 0.1) is 0 Å². The molecule has 2 aliphatic rings. The van der Waals surface area contributed by atoms with E-state index in [1.807, 2.05) is 36.4 Å². The zero-order chi connectivity index (χ0) is 30.9. The number of hydrogen-bond donors (Lipinski definition) is 0. The predicted octanol–water partition coefficient (Wildman–Crippen LogP) is 5.77. The van der Waals surface area contributed by atoms with E-state index in [0.717, 1.165) is 48.5 Å². The lowest BCUT2D eigenvalue weighted by Gasteiger charge is -2.30. The van der Waals surface area contributed by atoms with Gasteiger partial charge in [-0.3, -0.25) is 19.2 Å². The number of benzene rings is 5. The highest BCUT2D eigenvalue weighted by molar-refractivity contribution is 6.37. The number of carbonyl (C=O) groups is 4. The Morgan fingerprint density at radius 1 is 0.636 bits per heavy atom. The molecule has 8 heteroatoms. The fraction of sp³-hybridized carbons (Fsp3) is 0.278. The van der Waals surface area contributed by atoms with Crippen molar-refractivity contribution in [3.8, 4) is 11.5 Å². The van der Waals surface area contributed by atoms with Crippen LogP contribution in [0.4, 0.5) is 0 Å². The van der Waals surface area contributed by atoms with Crippen LogP contribution >= 0.6 is 0 Å². The van der Waals surface area contributed by atoms with Crippen molar-refractivity contribution in [3.05, 3.63) is 58.0 Å². The second-order valence-corrected chi connectivity index (χ2v) is 11.1. The SMILES string of the molecule is CCC(=O)OC1=c2ccc3c4c5c(c(OC(=O)CC)c(OC(=O)CC)c6ccc7ccc(c(c24)c7c65)C1OC(=O)CC)CC=3. The molecule has 222 valence electrons. The van der Waals surface area contributed by atoms with Crippen LogP contribution in [-0.4, -0.2) is 23.9 Å². The van der Waals surface area contributed by atoms with Gasteiger partial charge in [-0.2, -0.15) is 0 Å². The van der Waals surface area contributed by atoms with Gasteiger partial charge in [0.15, 0.2) is 23.4 Å². The molecule has 0 amide bonds. The molecule has 0 saturated carbocycles. The zero-order valence-corrected chi connectivity index (χ0v) is 24.9. The maximum atomic E-state index is 12.8. The van der Waals surface area contributed by atoms with Crippen molar-refractivity contribution in [1.82, 2.24) is 0 Å². The first kappa shape index (κ1) is 27.8. The Labute approximate surface area is 252 Å². The molecule has 44 heavy (non-hydrogen) atoms. The molecule has 8 nitrogen and oxygen atoms in total. The van der Waals surface area contributed by atoms with E-state index in [1.165, 1.54) is 0 Å². The second-order valence-electron chi connectivity index (χ2n) is 11.1. The minimum atomic E-state index is -0.936. The summed E-state index contributed by atoms with van der Waals surface area (Å²) in [5.41, 5.74) is 1.45. The number of carbonyl (C=O) groups excluding carboxylic acids is 4. The summed E-state index contributed by atoms with van der Waals surface area (Å²) in [5, 5.41) is 8.56. The average molecular weight is 591 g/mol. The summed E-state index contributed by atoms with van der Waals surface area (Å²) in [4.78, 5) is 51.0. The van der Waals surface area contributed by atoms with Crippen molar-refractivity contribution in [2.75, 3.05) is 0 Å². The van der Waals surface area contributed by atoms with Gasteiger partial charge in [0.25, 0.3) is 0 Å². The van der Waals surface area contributed by atoms with Crippen LogP contribution in [0.3, 0.4) is 0 Å². The third kappa shape index (κ3) is 3.90. The van der Waals surface area contributed by atoms with Crippen molar-refractivity contribution in [2.24, 2.45) is 0 Å². The predicted molar refractivity (Wildman–Crippen MR) is 166 cm³/mol. The molecule has 5 aromatic rings. The molecule has 0 aliphatic heterocycles. The molecule has 5 aromatic carbocycles. The maximum Gasteiger partial charge on any atom is 0.311 e. The normalized spacial score (nSPS) is 14.9. The van der Waals surface area contributed by atoms with Crippen LogP contribution < -0.4 is 19.9 Å². The van der Waals surface area contributed by atoms with Crippen molar-refractivity contribution < 1.29 is 38.1 Å². The summed E-state index contributed by atoms with van der Waals surface area (Å²) >= 11 is 0. The fourth-order valence-electron chi connectivity index (χ4n) is 6.60. The van der Waals surface area contributed by atoms with Crippen LogP contribution in [-0.2, 0) is 35.1 Å². The molecule has 1 atom stereocenters. The molecule has 0 aromatic heterocycles. The molecule has 0 bridgehead atoms. The molecule has 7 rings (SSSR count). The summed E-state index contributed by atoms with van der Waals surface area (Å²) in [6.07, 6.45) is 2.17. The van der Waals surface area contributed by atoms with Gasteiger partial charge in [0.1, 0.15) is 0 Å². The smallest absolute Gasteiger partial charge is 0.311 e. The molecule has 0 N–H and O–H groups in total. The molecule has 0 spiro atoms. The Bertz CT molecular complexity index is 2230. The van der Waals surface area contributed by atoms with Crippen molar-refractivity contribution in [2.45, 2.75) is 65.9 Å². The van der Waals surface area contributed by atoms with Gasteiger partial charge in [-0.1, -0.05) is 64.1 Å². The first-order valence-corrected chi connectivity index (χ1v) is 15.1. The first-order valence-electron chi connectivity index (χ1n) is 15.1. The van der Waals surface area contributed by atoms with Gasteiger partial charge in [0.05, 0.1) is 0 Å². The van der Waals surface area contributed by atoms with Crippen LogP contribution in [0.15, 0.2) is 36.4 Å². The van der Waals surface area contributed by atoms with Crippen LogP contribution in [0.25, 0.3) is 54.9 Å². The van der Waals surface area contributed by atoms with E-state index >= 15 is 0 Å². The van der Waals surface area contributed by atoms with Gasteiger partial charge in [-0.25, -0.2) is 0 Å². The molecule has 0 radical (unpaired) electrons. The van der Waals surface area contributed by atoms with Gasteiger partial charge in [0, 0.05) is 58.2 Å². The lowest BCUT2D eigenvalue weighted by molar-refractivity contribution is -0.149. The van der Waals surface area contributed by atoms with Gasteiger partial charge in [-0.15, -0.1) is 0 Å². The number of esters is 4. The third-order valence-electron chi connectivity index (χ3n) is 8.60. The molecule has 0 saturated heterocycles. The van der Waals surface area contributed by atoms with E-state index in [-0.39, 0.29) is 42.9 Å². The average Bonchev–Trinajstić information content (AvgIpc) is 3.05. The summed E-state index contributed by atoms with van der Waals surface area (Å²) in [5.74, 6) is -1.01. The standard InChI is InChI=1S/C36H30O8/c1-5-23(37)41-33-19-13-9-17-11-15-21-31-27(17)29(19)30-20(34(33)42-24(38)6-2)14-10-18-12-16-22(32(31)28(18)30)36(44-26(40)8-4)35(21)43-25(39)7-3/h9-15,33H,5-8,16H2,1-4H3. The minimum absolute atomic E-state index is 0.144. The summed E-state index contributed by atoms with van der Waals surface area (Å²) in [6, 6.07) is 11.6. The number of hydrogen-bond acceptors (Lipinski definition) is 8. The number of ether oxygens (including phenoxy) is 4. The highest BCUT2D eigenvalue weighted by atomic mass is 16.6. The summed E-state index contributed by atoms with van der Waals surface area (Å²) in [7, 11) is 0. The number of rotatable bonds is 8. The van der Waals surface area contributed by atoms with E-state index in [2.05, 4.69) is 6.08 Å². The van der Waals surface area contributed by atoms with E-state index in [9.17, 15) is 19.2 Å². The molecular weight excluding hydrogens is 560 g/mol. The van der Waals surface area contributed by atoms with E-state index in [0.29, 0.717) is 22.6 Å². The molecule has 2 aliphatic carbocycles. The molecule has 1 unspecified atom stereocenters. The Kier molecular flexibility index (Phi) is 6.53. The monoisotopic (exact) mass is 590 g/mol. The fourth-order valence-corrected chi connectivity index (χ4v) is 6.60. The Morgan fingerprint density at radius 2 is 1.30 bits per heavy atom. The molecular formula is C36H30O8. The van der Waals surface area contributed by atoms with E-state index in [1.54, 1.807) is 27.7 Å². The first-order chi connectivity index (χ1) is 21.3. The Morgan fingerprint density at radius 3 is 2.00 bits per heavy atom. The zero-order valence-electron chi connectivity index (χ0n) is 24.9. The maximum absolute atomic E-state index is 12.8. The van der Waals surface area contributed by atoms with Crippen LogP contribution in [0.1, 0.15) is 70.6 Å². The van der Waals surface area contributed by atoms with Gasteiger partial charge >= 0.3 is 23.9 Å². The quantitative estimate of drug-likeness (QED) is 0.0971.